The highest BCUT2D eigenvalue weighted by molar-refractivity contribution is 7.17. The van der Waals surface area contributed by atoms with Gasteiger partial charge in [-0.1, -0.05) is 11.3 Å². The first kappa shape index (κ1) is 14.3. The first-order valence-corrected chi connectivity index (χ1v) is 6.84. The Morgan fingerprint density at radius 3 is 2.60 bits per heavy atom. The normalized spacial score (nSPS) is 10.2. The minimum absolute atomic E-state index is 0.0191. The second-order valence-electron chi connectivity index (χ2n) is 4.18. The maximum absolute atomic E-state index is 11.5. The van der Waals surface area contributed by atoms with Gasteiger partial charge in [0.05, 0.1) is 30.5 Å². The minimum atomic E-state index is 0.0191. The summed E-state index contributed by atoms with van der Waals surface area (Å²) in [6.45, 7) is 3.36. The maximum Gasteiger partial charge on any atom is 0.188 e. The van der Waals surface area contributed by atoms with Crippen LogP contribution < -0.4 is 14.8 Å². The Labute approximate surface area is 121 Å². The molecule has 0 fully saturated rings. The summed E-state index contributed by atoms with van der Waals surface area (Å²) in [6, 6.07) is 5.45. The molecule has 0 aliphatic heterocycles. The maximum atomic E-state index is 11.5. The van der Waals surface area contributed by atoms with Gasteiger partial charge in [0.2, 0.25) is 0 Å². The van der Waals surface area contributed by atoms with Crippen LogP contribution in [0.25, 0.3) is 0 Å². The lowest BCUT2D eigenvalue weighted by molar-refractivity contribution is 0.102. The summed E-state index contributed by atoms with van der Waals surface area (Å²) in [7, 11) is 3.20. The predicted octanol–water partition coefficient (Wildman–Crippen LogP) is 3.41. The van der Waals surface area contributed by atoms with Gasteiger partial charge in [-0.3, -0.25) is 4.79 Å². The number of carbonyl (C=O) groups is 1. The fourth-order valence-corrected chi connectivity index (χ4v) is 2.68. The highest BCUT2D eigenvalue weighted by Gasteiger charge is 2.13. The van der Waals surface area contributed by atoms with Gasteiger partial charge < -0.3 is 14.8 Å². The number of nitrogens with one attached hydrogen (secondary N) is 1. The zero-order chi connectivity index (χ0) is 14.7. The average Bonchev–Trinajstić information content (AvgIpc) is 2.79. The Balaban J connectivity index is 2.33. The molecule has 6 heteroatoms. The van der Waals surface area contributed by atoms with Crippen molar-refractivity contribution in [3.8, 4) is 11.5 Å². The lowest BCUT2D eigenvalue weighted by Gasteiger charge is -2.10. The Bertz CT molecular complexity index is 637. The van der Waals surface area contributed by atoms with Crippen LogP contribution in [-0.2, 0) is 0 Å². The highest BCUT2D eigenvalue weighted by atomic mass is 32.1. The first-order chi connectivity index (χ1) is 9.55. The third kappa shape index (κ3) is 2.91. The monoisotopic (exact) mass is 292 g/mol. The number of ketones is 1. The van der Waals surface area contributed by atoms with Gasteiger partial charge in [0.15, 0.2) is 10.9 Å². The van der Waals surface area contributed by atoms with Crippen molar-refractivity contribution in [3.63, 3.8) is 0 Å². The minimum Gasteiger partial charge on any atom is -0.497 e. The van der Waals surface area contributed by atoms with Gasteiger partial charge in [0.1, 0.15) is 11.5 Å². The average molecular weight is 292 g/mol. The zero-order valence-electron chi connectivity index (χ0n) is 11.8. The number of hydrogen-bond acceptors (Lipinski definition) is 6. The van der Waals surface area contributed by atoms with Crippen molar-refractivity contribution < 1.29 is 14.3 Å². The number of anilines is 2. The third-order valence-corrected chi connectivity index (χ3v) is 3.94. The van der Waals surface area contributed by atoms with E-state index < -0.39 is 0 Å². The molecule has 106 valence electrons. The third-order valence-electron chi connectivity index (χ3n) is 2.76. The van der Waals surface area contributed by atoms with Crippen molar-refractivity contribution in [3.05, 3.63) is 28.8 Å². The van der Waals surface area contributed by atoms with Crippen LogP contribution in [-0.4, -0.2) is 25.0 Å². The molecule has 1 aromatic carbocycles. The molecule has 0 aliphatic rings. The second kappa shape index (κ2) is 5.92. The van der Waals surface area contributed by atoms with Gasteiger partial charge in [0.25, 0.3) is 0 Å². The smallest absolute Gasteiger partial charge is 0.188 e. The van der Waals surface area contributed by atoms with E-state index in [1.807, 2.05) is 25.1 Å². The van der Waals surface area contributed by atoms with Crippen molar-refractivity contribution >= 4 is 27.9 Å². The SMILES string of the molecule is COc1ccc(OC)c(Nc2nc(C)c(C(C)=O)s2)c1. The predicted molar refractivity (Wildman–Crippen MR) is 79.7 cm³/mol. The second-order valence-corrected chi connectivity index (χ2v) is 5.18. The summed E-state index contributed by atoms with van der Waals surface area (Å²) in [5, 5.41) is 3.82. The molecule has 0 saturated heterocycles. The Hall–Kier alpha value is -2.08. The van der Waals surface area contributed by atoms with Crippen LogP contribution in [0.1, 0.15) is 22.3 Å². The molecule has 0 bridgehead atoms. The van der Waals surface area contributed by atoms with E-state index in [0.29, 0.717) is 21.5 Å². The van der Waals surface area contributed by atoms with Crippen molar-refractivity contribution in [2.24, 2.45) is 0 Å². The van der Waals surface area contributed by atoms with E-state index in [1.165, 1.54) is 18.3 Å². The molecular formula is C14H16N2O3S. The first-order valence-electron chi connectivity index (χ1n) is 6.02. The van der Waals surface area contributed by atoms with Gasteiger partial charge in [-0.15, -0.1) is 0 Å². The molecule has 0 unspecified atom stereocenters. The van der Waals surface area contributed by atoms with E-state index in [9.17, 15) is 4.79 Å². The molecule has 1 N–H and O–H groups in total. The molecule has 0 atom stereocenters. The fourth-order valence-electron chi connectivity index (χ4n) is 1.80. The molecule has 2 aromatic rings. The van der Waals surface area contributed by atoms with Crippen LogP contribution in [0.2, 0.25) is 0 Å². The van der Waals surface area contributed by atoms with Crippen LogP contribution in [0.4, 0.5) is 10.8 Å². The summed E-state index contributed by atoms with van der Waals surface area (Å²) in [6.07, 6.45) is 0. The van der Waals surface area contributed by atoms with Crippen LogP contribution in [0.5, 0.6) is 11.5 Å². The Morgan fingerprint density at radius 1 is 1.30 bits per heavy atom. The van der Waals surface area contributed by atoms with Crippen LogP contribution in [0.3, 0.4) is 0 Å². The van der Waals surface area contributed by atoms with Crippen molar-refractivity contribution in [1.82, 2.24) is 4.98 Å². The van der Waals surface area contributed by atoms with E-state index in [-0.39, 0.29) is 5.78 Å². The summed E-state index contributed by atoms with van der Waals surface area (Å²) in [5.74, 6) is 1.42. The van der Waals surface area contributed by atoms with Gasteiger partial charge in [0, 0.05) is 13.0 Å². The summed E-state index contributed by atoms with van der Waals surface area (Å²) in [4.78, 5) is 16.5. The van der Waals surface area contributed by atoms with E-state index in [2.05, 4.69) is 10.3 Å². The number of methoxy groups -OCH3 is 2. The van der Waals surface area contributed by atoms with E-state index in [1.54, 1.807) is 14.2 Å². The number of benzene rings is 1. The fraction of sp³-hybridized carbons (Fsp3) is 0.286. The molecule has 0 radical (unpaired) electrons. The van der Waals surface area contributed by atoms with Crippen molar-refractivity contribution in [2.45, 2.75) is 13.8 Å². The summed E-state index contributed by atoms with van der Waals surface area (Å²) < 4.78 is 10.5. The van der Waals surface area contributed by atoms with Crippen molar-refractivity contribution in [1.29, 1.82) is 0 Å². The molecule has 0 saturated carbocycles. The number of Topliss-reactive ketones (excluding diaryl/α,β-unsaturated/α-hetero) is 1. The number of rotatable bonds is 5. The molecule has 1 aromatic heterocycles. The van der Waals surface area contributed by atoms with E-state index in [0.717, 1.165) is 11.4 Å². The Kier molecular flexibility index (Phi) is 4.24. The van der Waals surface area contributed by atoms with Crippen LogP contribution in [0, 0.1) is 6.92 Å². The lowest BCUT2D eigenvalue weighted by atomic mass is 10.2. The van der Waals surface area contributed by atoms with Gasteiger partial charge in [-0.05, 0) is 19.1 Å². The van der Waals surface area contributed by atoms with Crippen LogP contribution >= 0.6 is 11.3 Å². The zero-order valence-corrected chi connectivity index (χ0v) is 12.6. The molecule has 1 heterocycles. The number of thiazole rings is 1. The standard InChI is InChI=1S/C14H16N2O3S/c1-8-13(9(2)17)20-14(15-8)16-11-7-10(18-3)5-6-12(11)19-4/h5-7H,1-4H3,(H,15,16). The molecule has 0 amide bonds. The number of carbonyl (C=O) groups excluding carboxylic acids is 1. The van der Waals surface area contributed by atoms with E-state index in [4.69, 9.17) is 9.47 Å². The van der Waals surface area contributed by atoms with Gasteiger partial charge in [-0.2, -0.15) is 0 Å². The molecule has 20 heavy (non-hydrogen) atoms. The van der Waals surface area contributed by atoms with Crippen molar-refractivity contribution in [2.75, 3.05) is 19.5 Å². The molecular weight excluding hydrogens is 276 g/mol. The quantitative estimate of drug-likeness (QED) is 0.856. The molecule has 5 nitrogen and oxygen atoms in total. The lowest BCUT2D eigenvalue weighted by Crippen LogP contribution is -1.95. The molecule has 2 rings (SSSR count). The number of aromatic nitrogens is 1. The summed E-state index contributed by atoms with van der Waals surface area (Å²) in [5.41, 5.74) is 1.47. The Morgan fingerprint density at radius 2 is 2.05 bits per heavy atom. The largest absolute Gasteiger partial charge is 0.497 e. The molecule has 0 aliphatic carbocycles. The highest BCUT2D eigenvalue weighted by Crippen LogP contribution is 2.33. The topological polar surface area (TPSA) is 60.5 Å². The number of aryl methyl sites for hydroxylation is 1. The number of ether oxygens (including phenoxy) is 2. The number of hydrogen-bond donors (Lipinski definition) is 1. The van der Waals surface area contributed by atoms with Gasteiger partial charge >= 0.3 is 0 Å². The molecule has 0 spiro atoms. The number of nitrogens with zero attached hydrogens (tertiary/aromatic N) is 1. The van der Waals surface area contributed by atoms with Gasteiger partial charge in [-0.25, -0.2) is 4.98 Å². The summed E-state index contributed by atoms with van der Waals surface area (Å²) >= 11 is 1.33. The van der Waals surface area contributed by atoms with E-state index >= 15 is 0 Å². The van der Waals surface area contributed by atoms with Crippen LogP contribution in [0.15, 0.2) is 18.2 Å².